The van der Waals surface area contributed by atoms with Crippen molar-refractivity contribution < 1.29 is 0 Å². The van der Waals surface area contributed by atoms with E-state index in [0.29, 0.717) is 0 Å². The molecule has 0 aliphatic carbocycles. The van der Waals surface area contributed by atoms with Crippen molar-refractivity contribution in [2.45, 2.75) is 20.4 Å². The van der Waals surface area contributed by atoms with Crippen LogP contribution < -0.4 is 11.0 Å². The Hall–Kier alpha value is -1.03. The number of rotatable bonds is 3. The molecule has 0 saturated heterocycles. The fraction of sp³-hybridized carbons (Fsp3) is 0.625. The Labute approximate surface area is 71.6 Å². The van der Waals surface area contributed by atoms with Gasteiger partial charge in [0, 0.05) is 24.5 Å². The highest BCUT2D eigenvalue weighted by atomic mass is 16.1. The molecule has 0 atom stereocenters. The summed E-state index contributed by atoms with van der Waals surface area (Å²) in [4.78, 5) is 14.0. The lowest BCUT2D eigenvalue weighted by molar-refractivity contribution is 0.615. The average molecular weight is 169 g/mol. The molecule has 4 nitrogen and oxygen atoms in total. The predicted octanol–water partition coefficient (Wildman–Crippen LogP) is 0.0126. The lowest BCUT2D eigenvalue weighted by atomic mass is 10.4. The van der Waals surface area contributed by atoms with Crippen LogP contribution >= 0.6 is 0 Å². The number of aryl methyl sites for hydroxylation is 1. The summed E-state index contributed by atoms with van der Waals surface area (Å²) in [6, 6.07) is 0. The highest BCUT2D eigenvalue weighted by Gasteiger charge is 2.04. The van der Waals surface area contributed by atoms with Crippen LogP contribution in [0.2, 0.25) is 0 Å². The van der Waals surface area contributed by atoms with Crippen LogP contribution in [0.3, 0.4) is 0 Å². The molecule has 12 heavy (non-hydrogen) atoms. The van der Waals surface area contributed by atoms with Gasteiger partial charge in [-0.2, -0.15) is 0 Å². The minimum absolute atomic E-state index is 0.0137. The normalized spacial score (nSPS) is 10.6. The van der Waals surface area contributed by atoms with Crippen molar-refractivity contribution in [1.29, 1.82) is 0 Å². The highest BCUT2D eigenvalue weighted by molar-refractivity contribution is 5.08. The van der Waals surface area contributed by atoms with Crippen molar-refractivity contribution in [3.05, 3.63) is 21.9 Å². The van der Waals surface area contributed by atoms with Crippen molar-refractivity contribution in [3.8, 4) is 0 Å². The first-order valence-corrected chi connectivity index (χ1v) is 4.07. The molecule has 0 unspecified atom stereocenters. The molecule has 0 aliphatic heterocycles. The number of nitrogens with one attached hydrogen (secondary N) is 2. The molecule has 0 fully saturated rings. The van der Waals surface area contributed by atoms with Crippen LogP contribution in [0.25, 0.3) is 0 Å². The van der Waals surface area contributed by atoms with Crippen molar-refractivity contribution in [1.82, 2.24) is 14.9 Å². The Bertz CT molecular complexity index is 311. The number of H-pyrrole nitrogens is 1. The Morgan fingerprint density at radius 1 is 1.50 bits per heavy atom. The van der Waals surface area contributed by atoms with Gasteiger partial charge in [-0.05, 0) is 20.9 Å². The fourth-order valence-electron chi connectivity index (χ4n) is 1.17. The monoisotopic (exact) mass is 169 g/mol. The highest BCUT2D eigenvalue weighted by Crippen LogP contribution is 1.98. The van der Waals surface area contributed by atoms with Gasteiger partial charge in [0.05, 0.1) is 0 Å². The third kappa shape index (κ3) is 1.58. The molecule has 0 radical (unpaired) electrons. The van der Waals surface area contributed by atoms with Gasteiger partial charge < -0.3 is 10.3 Å². The zero-order valence-corrected chi connectivity index (χ0v) is 7.77. The molecular weight excluding hydrogens is 154 g/mol. The van der Waals surface area contributed by atoms with Crippen LogP contribution in [0.5, 0.6) is 0 Å². The molecule has 0 amide bonds. The second kappa shape index (κ2) is 3.58. The second-order valence-electron chi connectivity index (χ2n) is 2.90. The molecule has 0 saturated carbocycles. The van der Waals surface area contributed by atoms with Crippen molar-refractivity contribution >= 4 is 0 Å². The van der Waals surface area contributed by atoms with E-state index >= 15 is 0 Å². The van der Waals surface area contributed by atoms with Gasteiger partial charge in [0.25, 0.3) is 0 Å². The molecule has 0 aromatic carbocycles. The molecule has 4 heteroatoms. The van der Waals surface area contributed by atoms with Crippen LogP contribution in [0.4, 0.5) is 0 Å². The summed E-state index contributed by atoms with van der Waals surface area (Å²) in [7, 11) is 1.87. The van der Waals surface area contributed by atoms with Crippen molar-refractivity contribution in [2.75, 3.05) is 13.6 Å². The summed E-state index contributed by atoms with van der Waals surface area (Å²) in [6.07, 6.45) is 0. The summed E-state index contributed by atoms with van der Waals surface area (Å²) >= 11 is 0. The largest absolute Gasteiger partial charge is 0.325 e. The molecule has 0 spiro atoms. The summed E-state index contributed by atoms with van der Waals surface area (Å²) in [5, 5.41) is 3.01. The van der Waals surface area contributed by atoms with Gasteiger partial charge in [-0.3, -0.25) is 4.57 Å². The molecule has 2 N–H and O–H groups in total. The van der Waals surface area contributed by atoms with E-state index in [4.69, 9.17) is 0 Å². The van der Waals surface area contributed by atoms with Crippen LogP contribution in [0, 0.1) is 13.8 Å². The molecule has 0 bridgehead atoms. The number of hydrogen-bond acceptors (Lipinski definition) is 2. The topological polar surface area (TPSA) is 49.8 Å². The quantitative estimate of drug-likeness (QED) is 0.670. The number of aromatic amines is 1. The van der Waals surface area contributed by atoms with Gasteiger partial charge in [-0.25, -0.2) is 4.79 Å². The van der Waals surface area contributed by atoms with Crippen LogP contribution in [0.15, 0.2) is 4.79 Å². The smallest absolute Gasteiger partial charge is 0.318 e. The summed E-state index contributed by atoms with van der Waals surface area (Å²) in [6.45, 7) is 5.40. The molecular formula is C8H15N3O. The molecule has 1 aromatic heterocycles. The third-order valence-electron chi connectivity index (χ3n) is 2.07. The van der Waals surface area contributed by atoms with Gasteiger partial charge in [-0.15, -0.1) is 0 Å². The minimum atomic E-state index is -0.0137. The average Bonchev–Trinajstić information content (AvgIpc) is 2.25. The fourth-order valence-corrected chi connectivity index (χ4v) is 1.17. The van der Waals surface area contributed by atoms with E-state index in [9.17, 15) is 4.79 Å². The SMILES string of the molecule is CNCCn1c(C)c(C)[nH]c1=O. The minimum Gasteiger partial charge on any atom is -0.318 e. The number of hydrogen-bond donors (Lipinski definition) is 2. The van der Waals surface area contributed by atoms with Gasteiger partial charge in [0.1, 0.15) is 0 Å². The number of likely N-dealkylation sites (N-methyl/N-ethyl adjacent to an activating group) is 1. The third-order valence-corrected chi connectivity index (χ3v) is 2.07. The van der Waals surface area contributed by atoms with Gasteiger partial charge in [0.2, 0.25) is 0 Å². The molecule has 0 aliphatic rings. The summed E-state index contributed by atoms with van der Waals surface area (Å²) < 4.78 is 1.74. The molecule has 68 valence electrons. The first-order chi connectivity index (χ1) is 5.66. The van der Waals surface area contributed by atoms with E-state index in [-0.39, 0.29) is 5.69 Å². The van der Waals surface area contributed by atoms with E-state index in [0.717, 1.165) is 24.5 Å². The Morgan fingerprint density at radius 3 is 2.58 bits per heavy atom. The lowest BCUT2D eigenvalue weighted by Gasteiger charge is -2.02. The Balaban J connectivity index is 2.90. The maximum Gasteiger partial charge on any atom is 0.325 e. The van der Waals surface area contributed by atoms with E-state index in [1.54, 1.807) is 4.57 Å². The summed E-state index contributed by atoms with van der Waals surface area (Å²) in [5.74, 6) is 0. The van der Waals surface area contributed by atoms with E-state index in [1.165, 1.54) is 0 Å². The predicted molar refractivity (Wildman–Crippen MR) is 48.5 cm³/mol. The first-order valence-electron chi connectivity index (χ1n) is 4.07. The van der Waals surface area contributed by atoms with Gasteiger partial charge in [-0.1, -0.05) is 0 Å². The maximum absolute atomic E-state index is 11.2. The number of imidazole rings is 1. The maximum atomic E-state index is 11.2. The lowest BCUT2D eigenvalue weighted by Crippen LogP contribution is -2.24. The van der Waals surface area contributed by atoms with E-state index in [1.807, 2.05) is 20.9 Å². The molecule has 1 aromatic rings. The Kier molecular flexibility index (Phi) is 2.70. The van der Waals surface area contributed by atoms with E-state index < -0.39 is 0 Å². The zero-order chi connectivity index (χ0) is 9.14. The second-order valence-corrected chi connectivity index (χ2v) is 2.90. The number of nitrogens with zero attached hydrogens (tertiary/aromatic N) is 1. The number of aromatic nitrogens is 2. The van der Waals surface area contributed by atoms with Crippen LogP contribution in [-0.2, 0) is 6.54 Å². The summed E-state index contributed by atoms with van der Waals surface area (Å²) in [5.41, 5.74) is 1.96. The van der Waals surface area contributed by atoms with Crippen molar-refractivity contribution in [3.63, 3.8) is 0 Å². The standard InChI is InChI=1S/C8H15N3O/c1-6-7(2)11(5-4-9-3)8(12)10-6/h9H,4-5H2,1-3H3,(H,10,12). The van der Waals surface area contributed by atoms with Gasteiger partial charge >= 0.3 is 5.69 Å². The zero-order valence-electron chi connectivity index (χ0n) is 7.77. The first kappa shape index (κ1) is 9.06. The van der Waals surface area contributed by atoms with Crippen LogP contribution in [0.1, 0.15) is 11.4 Å². The Morgan fingerprint density at radius 2 is 2.17 bits per heavy atom. The molecule has 1 heterocycles. The van der Waals surface area contributed by atoms with E-state index in [2.05, 4.69) is 10.3 Å². The van der Waals surface area contributed by atoms with Crippen LogP contribution in [-0.4, -0.2) is 23.1 Å². The van der Waals surface area contributed by atoms with Gasteiger partial charge in [0.15, 0.2) is 0 Å². The van der Waals surface area contributed by atoms with Crippen molar-refractivity contribution in [2.24, 2.45) is 0 Å². The molecule has 1 rings (SSSR count).